The van der Waals surface area contributed by atoms with Crippen LogP contribution in [0.5, 0.6) is 0 Å². The van der Waals surface area contributed by atoms with Gasteiger partial charge in [-0.1, -0.05) is 11.6 Å². The molecule has 0 fully saturated rings. The van der Waals surface area contributed by atoms with E-state index in [1.54, 1.807) is 12.1 Å². The standard InChI is InChI=1S/C16H12ClFN2O2S/c17-9-1-6-13-12(7-9)20-16(22)14(23-13)8-15(21)19-11-4-2-10(18)3-5-11/h1-7,14H,8H2,(H,19,21)(H,20,22). The molecule has 2 aromatic carbocycles. The molecule has 3 rings (SSSR count). The molecule has 2 aromatic rings. The molecular formula is C16H12ClFN2O2S. The zero-order valence-corrected chi connectivity index (χ0v) is 13.4. The van der Waals surface area contributed by atoms with Crippen molar-refractivity contribution in [2.75, 3.05) is 10.6 Å². The molecule has 2 amide bonds. The fourth-order valence-corrected chi connectivity index (χ4v) is 3.43. The fraction of sp³-hybridized carbons (Fsp3) is 0.125. The van der Waals surface area contributed by atoms with Gasteiger partial charge in [0.1, 0.15) is 5.82 Å². The molecular weight excluding hydrogens is 339 g/mol. The normalized spacial score (nSPS) is 16.4. The lowest BCUT2D eigenvalue weighted by Crippen LogP contribution is -2.32. The van der Waals surface area contributed by atoms with Crippen LogP contribution >= 0.6 is 23.4 Å². The van der Waals surface area contributed by atoms with Crippen LogP contribution in [-0.2, 0) is 9.59 Å². The number of fused-ring (bicyclic) bond motifs is 1. The first-order chi connectivity index (χ1) is 11.0. The van der Waals surface area contributed by atoms with Gasteiger partial charge in [0.25, 0.3) is 0 Å². The van der Waals surface area contributed by atoms with Crippen molar-refractivity contribution in [3.05, 3.63) is 53.3 Å². The van der Waals surface area contributed by atoms with E-state index in [-0.39, 0.29) is 24.1 Å². The number of amides is 2. The zero-order chi connectivity index (χ0) is 16.4. The summed E-state index contributed by atoms with van der Waals surface area (Å²) in [6.45, 7) is 0. The molecule has 1 aliphatic rings. The number of hydrogen-bond acceptors (Lipinski definition) is 3. The second-order valence-corrected chi connectivity index (χ2v) is 6.68. The average molecular weight is 351 g/mol. The minimum absolute atomic E-state index is 0.0238. The number of hydrogen-bond donors (Lipinski definition) is 2. The molecule has 118 valence electrons. The summed E-state index contributed by atoms with van der Waals surface area (Å²) < 4.78 is 12.8. The van der Waals surface area contributed by atoms with Gasteiger partial charge in [0.15, 0.2) is 0 Å². The predicted octanol–water partition coefficient (Wildman–Crippen LogP) is 3.92. The van der Waals surface area contributed by atoms with E-state index in [1.165, 1.54) is 36.0 Å². The topological polar surface area (TPSA) is 58.2 Å². The number of rotatable bonds is 3. The summed E-state index contributed by atoms with van der Waals surface area (Å²) in [4.78, 5) is 25.0. The van der Waals surface area contributed by atoms with Crippen LogP contribution in [0.2, 0.25) is 5.02 Å². The quantitative estimate of drug-likeness (QED) is 0.882. The van der Waals surface area contributed by atoms with E-state index in [4.69, 9.17) is 11.6 Å². The average Bonchev–Trinajstić information content (AvgIpc) is 2.50. The first-order valence-corrected chi connectivity index (χ1v) is 8.09. The van der Waals surface area contributed by atoms with Gasteiger partial charge in [0, 0.05) is 22.0 Å². The molecule has 0 saturated heterocycles. The Kier molecular flexibility index (Phi) is 4.54. The van der Waals surface area contributed by atoms with E-state index in [0.717, 1.165) is 4.90 Å². The molecule has 7 heteroatoms. The summed E-state index contributed by atoms with van der Waals surface area (Å²) >= 11 is 7.22. The maximum absolute atomic E-state index is 12.8. The second kappa shape index (κ2) is 6.60. The van der Waals surface area contributed by atoms with Gasteiger partial charge in [-0.25, -0.2) is 4.39 Å². The van der Waals surface area contributed by atoms with E-state index in [1.807, 2.05) is 6.07 Å². The first kappa shape index (κ1) is 15.8. The summed E-state index contributed by atoms with van der Waals surface area (Å²) in [6.07, 6.45) is 0.0238. The first-order valence-electron chi connectivity index (χ1n) is 6.84. The van der Waals surface area contributed by atoms with Gasteiger partial charge < -0.3 is 10.6 Å². The van der Waals surface area contributed by atoms with Crippen molar-refractivity contribution in [2.45, 2.75) is 16.6 Å². The van der Waals surface area contributed by atoms with E-state index in [9.17, 15) is 14.0 Å². The Bertz CT molecular complexity index is 767. The highest BCUT2D eigenvalue weighted by Crippen LogP contribution is 2.38. The highest BCUT2D eigenvalue weighted by molar-refractivity contribution is 8.01. The highest BCUT2D eigenvalue weighted by Gasteiger charge is 2.29. The number of thioether (sulfide) groups is 1. The molecule has 0 aliphatic carbocycles. The molecule has 2 N–H and O–H groups in total. The molecule has 1 heterocycles. The monoisotopic (exact) mass is 350 g/mol. The number of benzene rings is 2. The van der Waals surface area contributed by atoms with Gasteiger partial charge in [-0.3, -0.25) is 9.59 Å². The van der Waals surface area contributed by atoms with E-state index >= 15 is 0 Å². The molecule has 1 unspecified atom stereocenters. The Morgan fingerprint density at radius 3 is 2.74 bits per heavy atom. The van der Waals surface area contributed by atoms with Crippen molar-refractivity contribution in [1.29, 1.82) is 0 Å². The van der Waals surface area contributed by atoms with Crippen LogP contribution in [0.15, 0.2) is 47.4 Å². The maximum Gasteiger partial charge on any atom is 0.238 e. The fourth-order valence-electron chi connectivity index (χ4n) is 2.17. The van der Waals surface area contributed by atoms with E-state index < -0.39 is 5.25 Å². The van der Waals surface area contributed by atoms with E-state index in [0.29, 0.717) is 16.4 Å². The Morgan fingerprint density at radius 2 is 2.00 bits per heavy atom. The molecule has 0 bridgehead atoms. The van der Waals surface area contributed by atoms with Crippen molar-refractivity contribution in [2.24, 2.45) is 0 Å². The van der Waals surface area contributed by atoms with Gasteiger partial charge >= 0.3 is 0 Å². The third-order valence-electron chi connectivity index (χ3n) is 3.26. The third kappa shape index (κ3) is 3.83. The van der Waals surface area contributed by atoms with Gasteiger partial charge in [0.05, 0.1) is 10.9 Å². The molecule has 0 spiro atoms. The van der Waals surface area contributed by atoms with Crippen molar-refractivity contribution >= 4 is 46.6 Å². The summed E-state index contributed by atoms with van der Waals surface area (Å²) in [6, 6.07) is 10.7. The molecule has 1 atom stereocenters. The Labute approximate surface area is 141 Å². The SMILES string of the molecule is O=C(CC1Sc2ccc(Cl)cc2NC1=O)Nc1ccc(F)cc1. The van der Waals surface area contributed by atoms with Gasteiger partial charge in [-0.15, -0.1) is 11.8 Å². The largest absolute Gasteiger partial charge is 0.326 e. The van der Waals surface area contributed by atoms with Gasteiger partial charge in [-0.05, 0) is 42.5 Å². The Balaban J connectivity index is 1.66. The molecule has 4 nitrogen and oxygen atoms in total. The minimum Gasteiger partial charge on any atom is -0.326 e. The summed E-state index contributed by atoms with van der Waals surface area (Å²) in [5.41, 5.74) is 1.15. The van der Waals surface area contributed by atoms with Crippen LogP contribution < -0.4 is 10.6 Å². The van der Waals surface area contributed by atoms with Crippen LogP contribution in [0, 0.1) is 5.82 Å². The van der Waals surface area contributed by atoms with Crippen molar-refractivity contribution < 1.29 is 14.0 Å². The number of halogens is 2. The lowest BCUT2D eigenvalue weighted by atomic mass is 10.2. The second-order valence-electron chi connectivity index (χ2n) is 5.00. The summed E-state index contributed by atoms with van der Waals surface area (Å²) in [5, 5.41) is 5.42. The maximum atomic E-state index is 12.8. The minimum atomic E-state index is -0.524. The Morgan fingerprint density at radius 1 is 1.26 bits per heavy atom. The van der Waals surface area contributed by atoms with Crippen LogP contribution in [0.25, 0.3) is 0 Å². The van der Waals surface area contributed by atoms with Crippen molar-refractivity contribution in [1.82, 2.24) is 0 Å². The van der Waals surface area contributed by atoms with Gasteiger partial charge in [0.2, 0.25) is 11.8 Å². The molecule has 1 aliphatic heterocycles. The molecule has 23 heavy (non-hydrogen) atoms. The van der Waals surface area contributed by atoms with Crippen molar-refractivity contribution in [3.8, 4) is 0 Å². The third-order valence-corrected chi connectivity index (χ3v) is 4.77. The number of carbonyl (C=O) groups is 2. The van der Waals surface area contributed by atoms with Crippen LogP contribution in [-0.4, -0.2) is 17.1 Å². The zero-order valence-electron chi connectivity index (χ0n) is 11.8. The van der Waals surface area contributed by atoms with Crippen molar-refractivity contribution in [3.63, 3.8) is 0 Å². The Hall–Kier alpha value is -2.05. The number of nitrogens with one attached hydrogen (secondary N) is 2. The highest BCUT2D eigenvalue weighted by atomic mass is 35.5. The smallest absolute Gasteiger partial charge is 0.238 e. The molecule has 0 radical (unpaired) electrons. The molecule has 0 aromatic heterocycles. The lowest BCUT2D eigenvalue weighted by molar-refractivity contribution is -0.120. The van der Waals surface area contributed by atoms with Crippen LogP contribution in [0.1, 0.15) is 6.42 Å². The summed E-state index contributed by atoms with van der Waals surface area (Å²) in [7, 11) is 0. The number of carbonyl (C=O) groups excluding carboxylic acids is 2. The predicted molar refractivity (Wildman–Crippen MR) is 89.4 cm³/mol. The molecule has 0 saturated carbocycles. The van der Waals surface area contributed by atoms with Crippen LogP contribution in [0.3, 0.4) is 0 Å². The lowest BCUT2D eigenvalue weighted by Gasteiger charge is -2.23. The summed E-state index contributed by atoms with van der Waals surface area (Å²) in [5.74, 6) is -0.916. The van der Waals surface area contributed by atoms with Gasteiger partial charge in [-0.2, -0.15) is 0 Å². The van der Waals surface area contributed by atoms with Crippen LogP contribution in [0.4, 0.5) is 15.8 Å². The van der Waals surface area contributed by atoms with E-state index in [2.05, 4.69) is 10.6 Å². The number of anilines is 2.